The van der Waals surface area contributed by atoms with Crippen LogP contribution in [0.15, 0.2) is 45.6 Å². The van der Waals surface area contributed by atoms with Crippen LogP contribution in [-0.2, 0) is 10.0 Å². The second kappa shape index (κ2) is 9.58. The maximum Gasteiger partial charge on any atom is 0.252 e. The Bertz CT molecular complexity index is 1190. The number of piperidine rings is 1. The summed E-state index contributed by atoms with van der Waals surface area (Å²) in [7, 11) is -3.66. The summed E-state index contributed by atoms with van der Waals surface area (Å²) in [6.45, 7) is 3.61. The first-order valence-electron chi connectivity index (χ1n) is 11.5. The molecule has 1 aromatic heterocycles. The lowest BCUT2D eigenvalue weighted by atomic mass is 9.97. The standard InChI is InChI=1S/C24H31N3O4S/c1-17-10-13-27(14-11-17)32(30,31)19-7-8-22-20(15-19)21(16-23(28)26-22)24(29)25-12-9-18-5-3-2-4-6-18/h5,7-8,15-17H,2-4,6,9-14H2,1H3,(H,25,29)(H,26,28). The van der Waals surface area contributed by atoms with E-state index in [1.807, 2.05) is 0 Å². The third kappa shape index (κ3) is 4.96. The summed E-state index contributed by atoms with van der Waals surface area (Å²) in [5.41, 5.74) is 1.62. The molecular weight excluding hydrogens is 426 g/mol. The molecule has 2 aliphatic rings. The van der Waals surface area contributed by atoms with Gasteiger partial charge in [-0.3, -0.25) is 9.59 Å². The molecule has 0 saturated carbocycles. The molecule has 2 N–H and O–H groups in total. The van der Waals surface area contributed by atoms with Crippen LogP contribution in [0.5, 0.6) is 0 Å². The fraction of sp³-hybridized carbons (Fsp3) is 0.500. The summed E-state index contributed by atoms with van der Waals surface area (Å²) in [4.78, 5) is 27.9. The zero-order chi connectivity index (χ0) is 22.7. The van der Waals surface area contributed by atoms with Crippen molar-refractivity contribution >= 4 is 26.8 Å². The van der Waals surface area contributed by atoms with Crippen LogP contribution in [0, 0.1) is 5.92 Å². The van der Waals surface area contributed by atoms with Crippen LogP contribution in [0.25, 0.3) is 10.9 Å². The van der Waals surface area contributed by atoms with Crippen molar-refractivity contribution < 1.29 is 13.2 Å². The Balaban J connectivity index is 1.59. The topological polar surface area (TPSA) is 99.3 Å². The number of sulfonamides is 1. The maximum absolute atomic E-state index is 13.2. The van der Waals surface area contributed by atoms with E-state index in [0.29, 0.717) is 36.5 Å². The molecule has 7 nitrogen and oxygen atoms in total. The molecule has 0 radical (unpaired) electrons. The molecule has 1 fully saturated rings. The Morgan fingerprint density at radius 3 is 2.69 bits per heavy atom. The highest BCUT2D eigenvalue weighted by Gasteiger charge is 2.28. The largest absolute Gasteiger partial charge is 0.352 e. The second-order valence-corrected chi connectivity index (χ2v) is 10.9. The predicted octanol–water partition coefficient (Wildman–Crippen LogP) is 3.57. The van der Waals surface area contributed by atoms with Gasteiger partial charge in [0.25, 0.3) is 5.91 Å². The van der Waals surface area contributed by atoms with E-state index in [1.54, 1.807) is 6.07 Å². The van der Waals surface area contributed by atoms with E-state index in [4.69, 9.17) is 0 Å². The van der Waals surface area contributed by atoms with Gasteiger partial charge in [0, 0.05) is 36.6 Å². The van der Waals surface area contributed by atoms with Gasteiger partial charge >= 0.3 is 0 Å². The van der Waals surface area contributed by atoms with Gasteiger partial charge in [0.2, 0.25) is 15.6 Å². The number of benzene rings is 1. The van der Waals surface area contributed by atoms with E-state index in [-0.39, 0.29) is 16.4 Å². The molecule has 1 amide bonds. The van der Waals surface area contributed by atoms with Gasteiger partial charge in [-0.1, -0.05) is 18.6 Å². The van der Waals surface area contributed by atoms with Crippen LogP contribution < -0.4 is 10.9 Å². The van der Waals surface area contributed by atoms with Crippen LogP contribution in [0.4, 0.5) is 0 Å². The first-order valence-corrected chi connectivity index (χ1v) is 12.9. The van der Waals surface area contributed by atoms with Gasteiger partial charge in [0.15, 0.2) is 0 Å². The molecule has 0 atom stereocenters. The van der Waals surface area contributed by atoms with E-state index < -0.39 is 15.6 Å². The molecule has 1 aromatic carbocycles. The Kier molecular flexibility index (Phi) is 6.81. The number of pyridine rings is 1. The summed E-state index contributed by atoms with van der Waals surface area (Å²) in [6.07, 6.45) is 9.28. The van der Waals surface area contributed by atoms with Crippen molar-refractivity contribution in [3.05, 3.63) is 51.8 Å². The number of rotatable bonds is 6. The molecular formula is C24H31N3O4S. The lowest BCUT2D eigenvalue weighted by Crippen LogP contribution is -2.37. The number of fused-ring (bicyclic) bond motifs is 1. The predicted molar refractivity (Wildman–Crippen MR) is 125 cm³/mol. The highest BCUT2D eigenvalue weighted by molar-refractivity contribution is 7.89. The molecule has 0 unspecified atom stereocenters. The van der Waals surface area contributed by atoms with Crippen molar-refractivity contribution in [2.75, 3.05) is 19.6 Å². The summed E-state index contributed by atoms with van der Waals surface area (Å²) >= 11 is 0. The zero-order valence-electron chi connectivity index (χ0n) is 18.5. The smallest absolute Gasteiger partial charge is 0.252 e. The van der Waals surface area contributed by atoms with Gasteiger partial charge in [-0.2, -0.15) is 4.31 Å². The first kappa shape index (κ1) is 22.7. The molecule has 8 heteroatoms. The number of hydrogen-bond acceptors (Lipinski definition) is 4. The van der Waals surface area contributed by atoms with Gasteiger partial charge in [-0.15, -0.1) is 0 Å². The second-order valence-electron chi connectivity index (χ2n) is 8.96. The summed E-state index contributed by atoms with van der Waals surface area (Å²) < 4.78 is 27.9. The monoisotopic (exact) mass is 457 g/mol. The van der Waals surface area contributed by atoms with Crippen molar-refractivity contribution in [3.8, 4) is 0 Å². The molecule has 2 heterocycles. The minimum absolute atomic E-state index is 0.146. The highest BCUT2D eigenvalue weighted by atomic mass is 32.2. The molecule has 1 aliphatic heterocycles. The number of carbonyl (C=O) groups excluding carboxylic acids is 1. The molecule has 1 saturated heterocycles. The molecule has 0 spiro atoms. The van der Waals surface area contributed by atoms with Gasteiger partial charge in [-0.25, -0.2) is 8.42 Å². The molecule has 4 rings (SSSR count). The SMILES string of the molecule is CC1CCN(S(=O)(=O)c2ccc3[nH]c(=O)cc(C(=O)NCCC4=CCCCC4)c3c2)CC1. The minimum atomic E-state index is -3.66. The van der Waals surface area contributed by atoms with Crippen molar-refractivity contribution in [1.29, 1.82) is 0 Å². The van der Waals surface area contributed by atoms with E-state index in [2.05, 4.69) is 23.3 Å². The van der Waals surface area contributed by atoms with E-state index in [9.17, 15) is 18.0 Å². The third-order valence-electron chi connectivity index (χ3n) is 6.56. The van der Waals surface area contributed by atoms with Crippen LogP contribution in [0.2, 0.25) is 0 Å². The molecule has 0 bridgehead atoms. The Labute approximate surface area is 188 Å². The summed E-state index contributed by atoms with van der Waals surface area (Å²) in [6, 6.07) is 5.83. The lowest BCUT2D eigenvalue weighted by molar-refractivity contribution is 0.0955. The molecule has 1 aliphatic carbocycles. The Morgan fingerprint density at radius 2 is 1.97 bits per heavy atom. The van der Waals surface area contributed by atoms with Gasteiger partial charge in [0.1, 0.15) is 0 Å². The number of aromatic amines is 1. The zero-order valence-corrected chi connectivity index (χ0v) is 19.3. The molecule has 32 heavy (non-hydrogen) atoms. The van der Waals surface area contributed by atoms with Crippen LogP contribution in [0.3, 0.4) is 0 Å². The average Bonchev–Trinajstić information content (AvgIpc) is 2.79. The Hall–Kier alpha value is -2.45. The van der Waals surface area contributed by atoms with Gasteiger partial charge in [0.05, 0.1) is 10.5 Å². The number of carbonyl (C=O) groups is 1. The average molecular weight is 458 g/mol. The Morgan fingerprint density at radius 1 is 1.19 bits per heavy atom. The van der Waals surface area contributed by atoms with Crippen molar-refractivity contribution in [2.24, 2.45) is 5.92 Å². The summed E-state index contributed by atoms with van der Waals surface area (Å²) in [5, 5.41) is 3.34. The van der Waals surface area contributed by atoms with Crippen LogP contribution >= 0.6 is 0 Å². The number of hydrogen-bond donors (Lipinski definition) is 2. The van der Waals surface area contributed by atoms with Gasteiger partial charge in [-0.05, 0) is 69.1 Å². The maximum atomic E-state index is 13.2. The van der Waals surface area contributed by atoms with Crippen molar-refractivity contribution in [2.45, 2.75) is 56.8 Å². The fourth-order valence-electron chi connectivity index (χ4n) is 4.52. The van der Waals surface area contributed by atoms with Crippen LogP contribution in [-0.4, -0.2) is 43.2 Å². The summed E-state index contributed by atoms with van der Waals surface area (Å²) in [5.74, 6) is 0.154. The van der Waals surface area contributed by atoms with Gasteiger partial charge < -0.3 is 10.3 Å². The minimum Gasteiger partial charge on any atom is -0.352 e. The number of nitrogens with one attached hydrogen (secondary N) is 2. The van der Waals surface area contributed by atoms with Crippen molar-refractivity contribution in [1.82, 2.24) is 14.6 Å². The van der Waals surface area contributed by atoms with Crippen molar-refractivity contribution in [3.63, 3.8) is 0 Å². The highest BCUT2D eigenvalue weighted by Crippen LogP contribution is 2.26. The number of amides is 1. The van der Waals surface area contributed by atoms with E-state index in [1.165, 1.54) is 40.9 Å². The number of H-pyrrole nitrogens is 1. The van der Waals surface area contributed by atoms with E-state index >= 15 is 0 Å². The van der Waals surface area contributed by atoms with E-state index in [0.717, 1.165) is 32.1 Å². The quantitative estimate of drug-likeness (QED) is 0.648. The lowest BCUT2D eigenvalue weighted by Gasteiger charge is -2.29. The number of aromatic nitrogens is 1. The molecule has 172 valence electrons. The van der Waals surface area contributed by atoms with Crippen LogP contribution in [0.1, 0.15) is 62.2 Å². The first-order chi connectivity index (χ1) is 15.3. The number of allylic oxidation sites excluding steroid dienone is 1. The number of nitrogens with zero attached hydrogens (tertiary/aromatic N) is 1. The fourth-order valence-corrected chi connectivity index (χ4v) is 6.02. The third-order valence-corrected chi connectivity index (χ3v) is 8.45. The normalized spacial score (nSPS) is 18.5. The molecule has 2 aromatic rings.